The van der Waals surface area contributed by atoms with Gasteiger partial charge in [0.05, 0.1) is 6.04 Å². The van der Waals surface area contributed by atoms with Gasteiger partial charge in [-0.1, -0.05) is 18.2 Å². The van der Waals surface area contributed by atoms with E-state index in [-0.39, 0.29) is 17.6 Å². The van der Waals surface area contributed by atoms with Gasteiger partial charge in [-0.15, -0.1) is 0 Å². The van der Waals surface area contributed by atoms with E-state index >= 15 is 0 Å². The average Bonchev–Trinajstić information content (AvgIpc) is 3.43. The molecule has 1 amide bonds. The van der Waals surface area contributed by atoms with Crippen molar-refractivity contribution in [3.8, 4) is 5.75 Å². The number of H-pyrrole nitrogens is 1. The SMILES string of the molecule is O=C(NC1CC2(CCN(CC3CC3)CC2)Oc2ccccc21)c1ccc[nH]1.O=C(O)C(F)(F)F. The lowest BCUT2D eigenvalue weighted by molar-refractivity contribution is -0.192. The van der Waals surface area contributed by atoms with Crippen LogP contribution in [0.1, 0.15) is 54.2 Å². The Morgan fingerprint density at radius 3 is 2.41 bits per heavy atom. The maximum absolute atomic E-state index is 12.6. The maximum atomic E-state index is 12.6. The summed E-state index contributed by atoms with van der Waals surface area (Å²) in [5.41, 5.74) is 1.53. The Bertz CT molecular complexity index is 997. The molecule has 1 atom stereocenters. The Kier molecular flexibility index (Phi) is 6.88. The zero-order chi connectivity index (χ0) is 24.3. The molecule has 3 aliphatic rings. The quantitative estimate of drug-likeness (QED) is 0.613. The Labute approximate surface area is 195 Å². The molecule has 2 aromatic rings. The smallest absolute Gasteiger partial charge is 0.487 e. The van der Waals surface area contributed by atoms with E-state index in [1.165, 1.54) is 19.4 Å². The Hall–Kier alpha value is -3.01. The molecule has 1 aliphatic carbocycles. The van der Waals surface area contributed by atoms with Crippen molar-refractivity contribution in [2.24, 2.45) is 5.92 Å². The van der Waals surface area contributed by atoms with Crippen molar-refractivity contribution in [1.29, 1.82) is 0 Å². The lowest BCUT2D eigenvalue weighted by Crippen LogP contribution is -2.52. The summed E-state index contributed by atoms with van der Waals surface area (Å²) in [7, 11) is 0. The standard InChI is InChI=1S/C22H27N3O2.C2HF3O2/c26-21(18-5-3-11-23-18)24-19-14-22(27-20-6-2-1-4-17(19)20)9-12-25(13-10-22)15-16-7-8-16;3-2(4,5)1(6)7/h1-6,11,16,19,23H,7-10,12-15H2,(H,24,26);(H,6,7). The van der Waals surface area contributed by atoms with Crippen LogP contribution < -0.4 is 10.1 Å². The minimum Gasteiger partial charge on any atom is -0.487 e. The third-order valence-electron chi connectivity index (χ3n) is 6.57. The number of hydrogen-bond donors (Lipinski definition) is 3. The lowest BCUT2D eigenvalue weighted by atomic mass is 9.80. The fraction of sp³-hybridized carbons (Fsp3) is 0.500. The molecule has 1 saturated carbocycles. The number of ether oxygens (including phenoxy) is 1. The number of carboxylic acids is 1. The highest BCUT2D eigenvalue weighted by Crippen LogP contribution is 2.44. The van der Waals surface area contributed by atoms with Crippen molar-refractivity contribution in [3.63, 3.8) is 0 Å². The topological polar surface area (TPSA) is 94.7 Å². The fourth-order valence-corrected chi connectivity index (χ4v) is 4.57. The number of amides is 1. The summed E-state index contributed by atoms with van der Waals surface area (Å²) in [6.07, 6.45) is 2.40. The van der Waals surface area contributed by atoms with Crippen LogP contribution >= 0.6 is 0 Å². The van der Waals surface area contributed by atoms with Gasteiger partial charge in [0.15, 0.2) is 0 Å². The Morgan fingerprint density at radius 1 is 1.15 bits per heavy atom. The summed E-state index contributed by atoms with van der Waals surface area (Å²) in [6.45, 7) is 3.44. The van der Waals surface area contributed by atoms with Gasteiger partial charge in [0.2, 0.25) is 0 Å². The highest BCUT2D eigenvalue weighted by molar-refractivity contribution is 5.92. The monoisotopic (exact) mass is 479 g/mol. The number of halogens is 3. The molecule has 34 heavy (non-hydrogen) atoms. The largest absolute Gasteiger partial charge is 0.490 e. The van der Waals surface area contributed by atoms with Crippen molar-refractivity contribution >= 4 is 11.9 Å². The van der Waals surface area contributed by atoms with E-state index in [2.05, 4.69) is 21.3 Å². The Morgan fingerprint density at radius 2 is 1.82 bits per heavy atom. The van der Waals surface area contributed by atoms with Gasteiger partial charge in [-0.25, -0.2) is 4.79 Å². The number of carboxylic acid groups (broad SMARTS) is 1. The second-order valence-corrected chi connectivity index (χ2v) is 9.18. The number of nitrogens with one attached hydrogen (secondary N) is 2. The molecular formula is C24H28F3N3O4. The minimum absolute atomic E-state index is 0.0132. The van der Waals surface area contributed by atoms with Gasteiger partial charge in [-0.2, -0.15) is 13.2 Å². The lowest BCUT2D eigenvalue weighted by Gasteiger charge is -2.47. The van der Waals surface area contributed by atoms with Gasteiger partial charge in [0, 0.05) is 37.8 Å². The first-order valence-electron chi connectivity index (χ1n) is 11.4. The van der Waals surface area contributed by atoms with Crippen molar-refractivity contribution < 1.29 is 32.6 Å². The van der Waals surface area contributed by atoms with E-state index < -0.39 is 12.1 Å². The van der Waals surface area contributed by atoms with Gasteiger partial charge in [-0.05, 0) is 49.8 Å². The highest BCUT2D eigenvalue weighted by Gasteiger charge is 2.44. The number of hydrogen-bond acceptors (Lipinski definition) is 4. The maximum Gasteiger partial charge on any atom is 0.490 e. The Balaban J connectivity index is 0.000000344. The van der Waals surface area contributed by atoms with Gasteiger partial charge >= 0.3 is 12.1 Å². The molecule has 10 heteroatoms. The van der Waals surface area contributed by atoms with Crippen molar-refractivity contribution in [3.05, 3.63) is 53.9 Å². The number of piperidine rings is 1. The predicted molar refractivity (Wildman–Crippen MR) is 118 cm³/mol. The van der Waals surface area contributed by atoms with Crippen LogP contribution in [0.2, 0.25) is 0 Å². The van der Waals surface area contributed by atoms with E-state index in [9.17, 15) is 18.0 Å². The molecule has 0 radical (unpaired) electrons. The van der Waals surface area contributed by atoms with E-state index in [0.29, 0.717) is 5.69 Å². The summed E-state index contributed by atoms with van der Waals surface area (Å²) in [4.78, 5) is 27.1. The number of fused-ring (bicyclic) bond motifs is 1. The minimum atomic E-state index is -5.08. The van der Waals surface area contributed by atoms with Crippen LogP contribution in [0.15, 0.2) is 42.6 Å². The third-order valence-corrected chi connectivity index (χ3v) is 6.57. The molecule has 2 aliphatic heterocycles. The molecule has 0 bridgehead atoms. The summed E-state index contributed by atoms with van der Waals surface area (Å²) in [5, 5.41) is 10.4. The number of alkyl halides is 3. The average molecular weight is 479 g/mol. The molecule has 1 spiro atoms. The van der Waals surface area contributed by atoms with Crippen molar-refractivity contribution in [2.45, 2.75) is 49.9 Å². The molecule has 5 rings (SSSR count). The zero-order valence-electron chi connectivity index (χ0n) is 18.6. The van der Waals surface area contributed by atoms with Crippen molar-refractivity contribution in [2.75, 3.05) is 19.6 Å². The van der Waals surface area contributed by atoms with Crippen LogP contribution in [-0.4, -0.2) is 58.3 Å². The molecule has 1 aromatic carbocycles. The third kappa shape index (κ3) is 5.91. The number of nitrogens with zero attached hydrogens (tertiary/aromatic N) is 1. The number of aliphatic carboxylic acids is 1. The van der Waals surface area contributed by atoms with Crippen LogP contribution in [0.3, 0.4) is 0 Å². The first-order chi connectivity index (χ1) is 16.2. The second-order valence-electron chi connectivity index (χ2n) is 9.18. The van der Waals surface area contributed by atoms with Crippen LogP contribution in [0, 0.1) is 5.92 Å². The summed E-state index contributed by atoms with van der Waals surface area (Å²) < 4.78 is 38.3. The molecule has 3 N–H and O–H groups in total. The van der Waals surface area contributed by atoms with Gasteiger partial charge < -0.3 is 25.0 Å². The van der Waals surface area contributed by atoms with Crippen LogP contribution in [0.5, 0.6) is 5.75 Å². The normalized spacial score (nSPS) is 21.6. The number of aromatic amines is 1. The number of benzene rings is 1. The van der Waals surface area contributed by atoms with E-state index in [0.717, 1.165) is 49.6 Å². The molecule has 1 saturated heterocycles. The highest BCUT2D eigenvalue weighted by atomic mass is 19.4. The number of para-hydroxylation sites is 1. The van der Waals surface area contributed by atoms with E-state index in [1.54, 1.807) is 6.20 Å². The molecule has 184 valence electrons. The number of aromatic nitrogens is 1. The van der Waals surface area contributed by atoms with E-state index in [1.807, 2.05) is 30.3 Å². The van der Waals surface area contributed by atoms with Crippen LogP contribution in [-0.2, 0) is 4.79 Å². The number of rotatable bonds is 4. The first kappa shape index (κ1) is 24.1. The zero-order valence-corrected chi connectivity index (χ0v) is 18.6. The van der Waals surface area contributed by atoms with Gasteiger partial charge in [0.1, 0.15) is 17.0 Å². The number of carbonyl (C=O) groups is 2. The van der Waals surface area contributed by atoms with Gasteiger partial charge in [0.25, 0.3) is 5.91 Å². The first-order valence-corrected chi connectivity index (χ1v) is 11.4. The molecule has 7 nitrogen and oxygen atoms in total. The second kappa shape index (κ2) is 9.69. The van der Waals surface area contributed by atoms with Crippen LogP contribution in [0.4, 0.5) is 13.2 Å². The molecular weight excluding hydrogens is 451 g/mol. The summed E-state index contributed by atoms with van der Waals surface area (Å²) in [5.74, 6) is -0.952. The molecule has 1 aromatic heterocycles. The molecule has 1 unspecified atom stereocenters. The number of carbonyl (C=O) groups excluding carboxylic acids is 1. The summed E-state index contributed by atoms with van der Waals surface area (Å²) >= 11 is 0. The van der Waals surface area contributed by atoms with Crippen molar-refractivity contribution in [1.82, 2.24) is 15.2 Å². The van der Waals surface area contributed by atoms with Crippen LogP contribution in [0.25, 0.3) is 0 Å². The summed E-state index contributed by atoms with van der Waals surface area (Å²) in [6, 6.07) is 11.8. The molecule has 3 heterocycles. The van der Waals surface area contributed by atoms with E-state index in [4.69, 9.17) is 14.6 Å². The fourth-order valence-electron chi connectivity index (χ4n) is 4.57. The number of likely N-dealkylation sites (tertiary alicyclic amines) is 1. The van der Waals surface area contributed by atoms with Gasteiger partial charge in [-0.3, -0.25) is 4.79 Å². The molecule has 2 fully saturated rings. The predicted octanol–water partition coefficient (Wildman–Crippen LogP) is 4.15.